The smallest absolute Gasteiger partial charge is 0.192 e. The molecule has 0 unspecified atom stereocenters. The molecule has 2 N–H and O–H groups in total. The number of aliphatic hydroxyl groups is 2. The Bertz CT molecular complexity index is 246. The van der Waals surface area contributed by atoms with Crippen molar-refractivity contribution in [1.82, 2.24) is 0 Å². The molecule has 0 aliphatic rings. The number of hydrogen-bond acceptors (Lipinski definition) is 3. The Morgan fingerprint density at radius 1 is 1.11 bits per heavy atom. The summed E-state index contributed by atoms with van der Waals surface area (Å²) in [5, 5.41) is 19.6. The lowest BCUT2D eigenvalue weighted by Gasteiger charge is -2.41. The Morgan fingerprint density at radius 2 is 1.56 bits per heavy atom. The van der Waals surface area contributed by atoms with Gasteiger partial charge in [-0.2, -0.15) is 0 Å². The van der Waals surface area contributed by atoms with Crippen LogP contribution in [0.2, 0.25) is 18.1 Å². The lowest BCUT2D eigenvalue weighted by atomic mass is 9.93. The summed E-state index contributed by atoms with van der Waals surface area (Å²) >= 11 is 0. The molecule has 0 aromatic rings. The van der Waals surface area contributed by atoms with E-state index in [0.717, 1.165) is 6.42 Å². The van der Waals surface area contributed by atoms with Crippen molar-refractivity contribution in [2.24, 2.45) is 5.92 Å². The molecule has 4 heteroatoms. The normalized spacial score (nSPS) is 20.3. The van der Waals surface area contributed by atoms with Crippen molar-refractivity contribution >= 4 is 8.32 Å². The predicted molar refractivity (Wildman–Crippen MR) is 79.2 cm³/mol. The fourth-order valence-electron chi connectivity index (χ4n) is 1.78. The van der Waals surface area contributed by atoms with Crippen LogP contribution in [0.5, 0.6) is 0 Å². The third kappa shape index (κ3) is 4.65. The van der Waals surface area contributed by atoms with Crippen LogP contribution in [0.4, 0.5) is 0 Å². The summed E-state index contributed by atoms with van der Waals surface area (Å²) in [4.78, 5) is 0. The topological polar surface area (TPSA) is 49.7 Å². The third-order valence-electron chi connectivity index (χ3n) is 4.27. The monoisotopic (exact) mass is 276 g/mol. The molecule has 0 heterocycles. The maximum Gasteiger partial charge on any atom is 0.192 e. The summed E-state index contributed by atoms with van der Waals surface area (Å²) in [7, 11) is -1.83. The van der Waals surface area contributed by atoms with Gasteiger partial charge in [0, 0.05) is 12.0 Å². The molecule has 0 saturated carbocycles. The van der Waals surface area contributed by atoms with Gasteiger partial charge in [0.1, 0.15) is 0 Å². The third-order valence-corrected chi connectivity index (χ3v) is 8.78. The van der Waals surface area contributed by atoms with Crippen LogP contribution < -0.4 is 0 Å². The first-order valence-electron chi connectivity index (χ1n) is 6.98. The molecule has 0 aromatic heterocycles. The van der Waals surface area contributed by atoms with Crippen LogP contribution >= 0.6 is 0 Å². The molecular formula is C14H32O3Si. The van der Waals surface area contributed by atoms with Gasteiger partial charge in [0.2, 0.25) is 0 Å². The van der Waals surface area contributed by atoms with E-state index in [2.05, 4.69) is 40.8 Å². The zero-order valence-electron chi connectivity index (χ0n) is 13.3. The average Bonchev–Trinajstić information content (AvgIpc) is 2.22. The van der Waals surface area contributed by atoms with Crippen LogP contribution in [0, 0.1) is 5.92 Å². The highest BCUT2D eigenvalue weighted by atomic mass is 28.4. The van der Waals surface area contributed by atoms with Crippen LogP contribution in [0.15, 0.2) is 0 Å². The van der Waals surface area contributed by atoms with Crippen molar-refractivity contribution in [3.63, 3.8) is 0 Å². The van der Waals surface area contributed by atoms with E-state index in [-0.39, 0.29) is 17.1 Å². The second-order valence-corrected chi connectivity index (χ2v) is 11.7. The van der Waals surface area contributed by atoms with Gasteiger partial charge in [-0.1, -0.05) is 34.6 Å². The van der Waals surface area contributed by atoms with Crippen molar-refractivity contribution in [1.29, 1.82) is 0 Å². The molecule has 0 rings (SSSR count). The van der Waals surface area contributed by atoms with Gasteiger partial charge in [0.15, 0.2) is 8.32 Å². The SMILES string of the molecule is CC[C@H](O[Si](C)(C)C(C)(C)C)[C@@H](C)[C@@H](O)[C@H](C)O. The zero-order valence-corrected chi connectivity index (χ0v) is 14.3. The van der Waals surface area contributed by atoms with Crippen molar-refractivity contribution in [3.8, 4) is 0 Å². The Balaban J connectivity index is 4.81. The maximum absolute atomic E-state index is 9.98. The molecule has 0 spiro atoms. The Hall–Kier alpha value is 0.0969. The average molecular weight is 276 g/mol. The molecule has 0 fully saturated rings. The molecule has 0 bridgehead atoms. The van der Waals surface area contributed by atoms with Crippen LogP contribution in [0.1, 0.15) is 48.0 Å². The Morgan fingerprint density at radius 3 is 1.83 bits per heavy atom. The van der Waals surface area contributed by atoms with Gasteiger partial charge in [0.05, 0.1) is 12.2 Å². The molecule has 0 saturated heterocycles. The highest BCUT2D eigenvalue weighted by molar-refractivity contribution is 6.74. The quantitative estimate of drug-likeness (QED) is 0.733. The molecule has 0 radical (unpaired) electrons. The van der Waals surface area contributed by atoms with Crippen molar-refractivity contribution in [3.05, 3.63) is 0 Å². The standard InChI is InChI=1S/C14H32O3Si/c1-9-12(10(2)13(16)11(3)15)17-18(7,8)14(4,5)6/h10-13,15-16H,9H2,1-8H3/t10-,11+,12+,13-/m1/s1. The molecule has 0 aliphatic heterocycles. The van der Waals surface area contributed by atoms with E-state index in [0.29, 0.717) is 0 Å². The van der Waals surface area contributed by atoms with Gasteiger partial charge < -0.3 is 14.6 Å². The lowest BCUT2D eigenvalue weighted by molar-refractivity contribution is -0.0411. The summed E-state index contributed by atoms with van der Waals surface area (Å²) in [5.41, 5.74) is 0. The Labute approximate surface area is 114 Å². The highest BCUT2D eigenvalue weighted by Crippen LogP contribution is 2.38. The molecule has 0 amide bonds. The van der Waals surface area contributed by atoms with E-state index >= 15 is 0 Å². The molecule has 0 aromatic carbocycles. The summed E-state index contributed by atoms with van der Waals surface area (Å²) in [6.45, 7) is 16.7. The minimum atomic E-state index is -1.83. The van der Waals surface area contributed by atoms with Crippen LogP contribution in [-0.2, 0) is 4.43 Å². The fourth-order valence-corrected chi connectivity index (χ4v) is 3.27. The van der Waals surface area contributed by atoms with E-state index in [9.17, 15) is 10.2 Å². The summed E-state index contributed by atoms with van der Waals surface area (Å²) < 4.78 is 6.35. The van der Waals surface area contributed by atoms with Crippen LogP contribution in [0.25, 0.3) is 0 Å². The van der Waals surface area contributed by atoms with E-state index in [4.69, 9.17) is 4.43 Å². The second kappa shape index (κ2) is 6.50. The molecule has 4 atom stereocenters. The molecular weight excluding hydrogens is 244 g/mol. The van der Waals surface area contributed by atoms with Crippen molar-refractivity contribution < 1.29 is 14.6 Å². The van der Waals surface area contributed by atoms with E-state index < -0.39 is 20.5 Å². The zero-order chi connectivity index (χ0) is 14.7. The van der Waals surface area contributed by atoms with Gasteiger partial charge in [-0.15, -0.1) is 0 Å². The largest absolute Gasteiger partial charge is 0.414 e. The van der Waals surface area contributed by atoms with E-state index in [1.807, 2.05) is 6.92 Å². The molecule has 3 nitrogen and oxygen atoms in total. The van der Waals surface area contributed by atoms with Crippen LogP contribution in [-0.4, -0.2) is 36.8 Å². The number of hydrogen-bond donors (Lipinski definition) is 2. The molecule has 0 aliphatic carbocycles. The maximum atomic E-state index is 9.98. The summed E-state index contributed by atoms with van der Waals surface area (Å²) in [5.74, 6) is -0.0517. The minimum absolute atomic E-state index is 0.00971. The van der Waals surface area contributed by atoms with Gasteiger partial charge >= 0.3 is 0 Å². The number of aliphatic hydroxyl groups excluding tert-OH is 2. The van der Waals surface area contributed by atoms with E-state index in [1.54, 1.807) is 6.92 Å². The summed E-state index contributed by atoms with van der Waals surface area (Å²) in [6, 6.07) is 0. The van der Waals surface area contributed by atoms with Gasteiger partial charge in [-0.25, -0.2) is 0 Å². The Kier molecular flexibility index (Phi) is 6.54. The summed E-state index contributed by atoms with van der Waals surface area (Å²) in [6.07, 6.45) is -0.565. The van der Waals surface area contributed by atoms with Crippen molar-refractivity contribution in [2.75, 3.05) is 0 Å². The fraction of sp³-hybridized carbons (Fsp3) is 1.00. The first-order chi connectivity index (χ1) is 7.94. The first-order valence-corrected chi connectivity index (χ1v) is 9.88. The van der Waals surface area contributed by atoms with Crippen LogP contribution in [0.3, 0.4) is 0 Å². The van der Waals surface area contributed by atoms with Gasteiger partial charge in [-0.05, 0) is 31.5 Å². The molecule has 18 heavy (non-hydrogen) atoms. The molecule has 110 valence electrons. The van der Waals surface area contributed by atoms with Gasteiger partial charge in [0.25, 0.3) is 0 Å². The first kappa shape index (κ1) is 18.1. The highest BCUT2D eigenvalue weighted by Gasteiger charge is 2.40. The predicted octanol–water partition coefficient (Wildman–Crippen LogP) is 3.16. The minimum Gasteiger partial charge on any atom is -0.414 e. The van der Waals surface area contributed by atoms with E-state index in [1.165, 1.54) is 0 Å². The number of rotatable bonds is 6. The van der Waals surface area contributed by atoms with Crippen molar-refractivity contribution in [2.45, 2.75) is 84.4 Å². The van der Waals surface area contributed by atoms with Gasteiger partial charge in [-0.3, -0.25) is 0 Å². The lowest BCUT2D eigenvalue weighted by Crippen LogP contribution is -2.48. The second-order valence-electron chi connectivity index (χ2n) is 6.92.